The molecule has 5 heteroatoms. The van der Waals surface area contributed by atoms with Crippen LogP contribution in [0, 0.1) is 12.8 Å². The first-order valence-electron chi connectivity index (χ1n) is 8.70. The third-order valence-corrected chi connectivity index (χ3v) is 5.94. The van der Waals surface area contributed by atoms with Crippen LogP contribution in [0.25, 0.3) is 11.1 Å². The molecule has 1 atom stereocenters. The number of carbonyl (C=O) groups is 1. The minimum Gasteiger partial charge on any atom is -0.294 e. The van der Waals surface area contributed by atoms with E-state index in [-0.39, 0.29) is 11.7 Å². The summed E-state index contributed by atoms with van der Waals surface area (Å²) in [4.78, 5) is 14.0. The third kappa shape index (κ3) is 3.44. The Hall–Kier alpha value is -2.40. The Kier molecular flexibility index (Phi) is 4.42. The van der Waals surface area contributed by atoms with E-state index in [1.807, 2.05) is 6.92 Å². The first-order valence-corrected chi connectivity index (χ1v) is 9.58. The molecule has 0 radical (unpaired) electrons. The van der Waals surface area contributed by atoms with Crippen LogP contribution in [-0.4, -0.2) is 5.78 Å². The number of hydrogen-bond donors (Lipinski definition) is 0. The van der Waals surface area contributed by atoms with Gasteiger partial charge in [0.25, 0.3) is 0 Å². The maximum Gasteiger partial charge on any atom is 0.416 e. The Bertz CT molecular complexity index is 1020. The van der Waals surface area contributed by atoms with Crippen LogP contribution in [0.1, 0.15) is 31.9 Å². The van der Waals surface area contributed by atoms with Crippen molar-refractivity contribution in [2.75, 3.05) is 0 Å². The highest BCUT2D eigenvalue weighted by Gasteiger charge is 2.34. The zero-order valence-corrected chi connectivity index (χ0v) is 15.5. The average Bonchev–Trinajstić information content (AvgIpc) is 3.18. The van der Waals surface area contributed by atoms with Gasteiger partial charge < -0.3 is 0 Å². The highest BCUT2D eigenvalue weighted by molar-refractivity contribution is 7.10. The molecule has 138 valence electrons. The number of aryl methyl sites for hydroxylation is 1. The standard InChI is InChI=1S/C22H17F3OS/c1-13-8-14(12-27-13)9-16-11-20-18(6-3-7-19(20)21(16)26)15-4-2-5-17(10-15)22(23,24)25/h2-8,10,12,16H,9,11H2,1H3. The van der Waals surface area contributed by atoms with Gasteiger partial charge >= 0.3 is 6.18 Å². The largest absolute Gasteiger partial charge is 0.416 e. The van der Waals surface area contributed by atoms with Gasteiger partial charge in [-0.05, 0) is 65.6 Å². The van der Waals surface area contributed by atoms with Gasteiger partial charge in [0.15, 0.2) is 5.78 Å². The summed E-state index contributed by atoms with van der Waals surface area (Å²) in [7, 11) is 0. The van der Waals surface area contributed by atoms with Crippen molar-refractivity contribution in [2.45, 2.75) is 25.9 Å². The summed E-state index contributed by atoms with van der Waals surface area (Å²) < 4.78 is 39.2. The van der Waals surface area contributed by atoms with Gasteiger partial charge in [0.2, 0.25) is 0 Å². The zero-order chi connectivity index (χ0) is 19.2. The molecule has 0 amide bonds. The molecule has 1 aromatic heterocycles. The van der Waals surface area contributed by atoms with Crippen molar-refractivity contribution in [1.82, 2.24) is 0 Å². The minimum atomic E-state index is -4.39. The van der Waals surface area contributed by atoms with Gasteiger partial charge in [0.05, 0.1) is 5.56 Å². The fraction of sp³-hybridized carbons (Fsp3) is 0.227. The molecule has 0 saturated carbocycles. The van der Waals surface area contributed by atoms with Crippen molar-refractivity contribution in [3.05, 3.63) is 81.0 Å². The number of carbonyl (C=O) groups excluding carboxylic acids is 1. The first kappa shape index (κ1) is 18.0. The summed E-state index contributed by atoms with van der Waals surface area (Å²) in [5, 5.41) is 2.07. The van der Waals surface area contributed by atoms with Gasteiger partial charge in [-0.25, -0.2) is 0 Å². The van der Waals surface area contributed by atoms with E-state index < -0.39 is 11.7 Å². The molecule has 2 aromatic carbocycles. The molecule has 4 rings (SSSR count). The second kappa shape index (κ2) is 6.64. The number of hydrogen-bond acceptors (Lipinski definition) is 2. The Balaban J connectivity index is 1.69. The highest BCUT2D eigenvalue weighted by atomic mass is 32.1. The molecule has 0 spiro atoms. The Labute approximate surface area is 159 Å². The van der Waals surface area contributed by atoms with Crippen molar-refractivity contribution < 1.29 is 18.0 Å². The molecule has 0 saturated heterocycles. The highest BCUT2D eigenvalue weighted by Crippen LogP contribution is 2.38. The fourth-order valence-electron chi connectivity index (χ4n) is 3.78. The second-order valence-electron chi connectivity index (χ2n) is 6.95. The Morgan fingerprint density at radius 1 is 1.07 bits per heavy atom. The van der Waals surface area contributed by atoms with Gasteiger partial charge in [-0.3, -0.25) is 4.79 Å². The minimum absolute atomic E-state index is 0.0858. The lowest BCUT2D eigenvalue weighted by Crippen LogP contribution is -2.11. The van der Waals surface area contributed by atoms with E-state index in [4.69, 9.17) is 0 Å². The molecule has 1 unspecified atom stereocenters. The summed E-state index contributed by atoms with van der Waals surface area (Å²) in [6, 6.07) is 12.8. The predicted octanol–water partition coefficient (Wildman–Crippen LogP) is 6.34. The molecule has 1 aliphatic rings. The van der Waals surface area contributed by atoms with Crippen LogP contribution in [0.2, 0.25) is 0 Å². The van der Waals surface area contributed by atoms with E-state index >= 15 is 0 Å². The van der Waals surface area contributed by atoms with Crippen LogP contribution in [0.3, 0.4) is 0 Å². The predicted molar refractivity (Wildman–Crippen MR) is 101 cm³/mol. The van der Waals surface area contributed by atoms with Crippen LogP contribution in [0.4, 0.5) is 13.2 Å². The van der Waals surface area contributed by atoms with Gasteiger partial charge in [0, 0.05) is 16.4 Å². The van der Waals surface area contributed by atoms with Gasteiger partial charge in [0.1, 0.15) is 0 Å². The van der Waals surface area contributed by atoms with Crippen molar-refractivity contribution in [2.24, 2.45) is 5.92 Å². The quantitative estimate of drug-likeness (QED) is 0.513. The number of Topliss-reactive ketones (excluding diaryl/α,β-unsaturated/α-hetero) is 1. The maximum absolute atomic E-state index is 13.1. The lowest BCUT2D eigenvalue weighted by Gasteiger charge is -2.12. The van der Waals surface area contributed by atoms with E-state index in [1.54, 1.807) is 35.6 Å². The zero-order valence-electron chi connectivity index (χ0n) is 14.6. The lowest BCUT2D eigenvalue weighted by atomic mass is 9.94. The summed E-state index contributed by atoms with van der Waals surface area (Å²) in [6.45, 7) is 2.03. The van der Waals surface area contributed by atoms with Gasteiger partial charge in [-0.1, -0.05) is 30.3 Å². The van der Waals surface area contributed by atoms with Crippen LogP contribution in [0.5, 0.6) is 0 Å². The second-order valence-corrected chi connectivity index (χ2v) is 8.06. The smallest absolute Gasteiger partial charge is 0.294 e. The molecular weight excluding hydrogens is 369 g/mol. The number of benzene rings is 2. The van der Waals surface area contributed by atoms with Crippen molar-refractivity contribution in [3.8, 4) is 11.1 Å². The first-order chi connectivity index (χ1) is 12.8. The normalized spacial score (nSPS) is 16.6. The summed E-state index contributed by atoms with van der Waals surface area (Å²) in [6.07, 6.45) is -3.15. The van der Waals surface area contributed by atoms with Crippen LogP contribution >= 0.6 is 11.3 Å². The maximum atomic E-state index is 13.1. The van der Waals surface area contributed by atoms with E-state index in [0.29, 0.717) is 24.0 Å². The third-order valence-electron chi connectivity index (χ3n) is 5.03. The SMILES string of the molecule is Cc1cc(CC2Cc3c(cccc3-c3cccc(C(F)(F)F)c3)C2=O)cs1. The molecule has 1 aliphatic carbocycles. The molecule has 1 nitrogen and oxygen atoms in total. The molecule has 0 bridgehead atoms. The van der Waals surface area contributed by atoms with Crippen molar-refractivity contribution >= 4 is 17.1 Å². The van der Waals surface area contributed by atoms with E-state index in [9.17, 15) is 18.0 Å². The van der Waals surface area contributed by atoms with Crippen LogP contribution in [-0.2, 0) is 19.0 Å². The summed E-state index contributed by atoms with van der Waals surface area (Å²) >= 11 is 1.66. The van der Waals surface area contributed by atoms with Crippen molar-refractivity contribution in [1.29, 1.82) is 0 Å². The van der Waals surface area contributed by atoms with Gasteiger partial charge in [-0.2, -0.15) is 13.2 Å². The number of ketones is 1. The lowest BCUT2D eigenvalue weighted by molar-refractivity contribution is -0.137. The molecule has 0 N–H and O–H groups in total. The number of rotatable bonds is 3. The van der Waals surface area contributed by atoms with Gasteiger partial charge in [-0.15, -0.1) is 11.3 Å². The number of thiophene rings is 1. The molecule has 3 aromatic rings. The molecule has 0 aliphatic heterocycles. The molecule has 0 fully saturated rings. The van der Waals surface area contributed by atoms with E-state index in [0.717, 1.165) is 28.8 Å². The monoisotopic (exact) mass is 386 g/mol. The van der Waals surface area contributed by atoms with Crippen LogP contribution in [0.15, 0.2) is 53.9 Å². The summed E-state index contributed by atoms with van der Waals surface area (Å²) in [5.41, 5.74) is 3.19. The van der Waals surface area contributed by atoms with E-state index in [2.05, 4.69) is 11.4 Å². The molecular formula is C22H17F3OS. The number of alkyl halides is 3. The fourth-order valence-corrected chi connectivity index (χ4v) is 4.51. The number of halogens is 3. The Morgan fingerprint density at radius 3 is 2.52 bits per heavy atom. The van der Waals surface area contributed by atoms with Crippen molar-refractivity contribution in [3.63, 3.8) is 0 Å². The molecule has 1 heterocycles. The Morgan fingerprint density at radius 2 is 1.81 bits per heavy atom. The van der Waals surface area contributed by atoms with Crippen LogP contribution < -0.4 is 0 Å². The molecule has 27 heavy (non-hydrogen) atoms. The van der Waals surface area contributed by atoms with E-state index in [1.165, 1.54) is 10.9 Å². The average molecular weight is 386 g/mol. The summed E-state index contributed by atoms with van der Waals surface area (Å²) in [5.74, 6) is -0.0661. The number of fused-ring (bicyclic) bond motifs is 1. The topological polar surface area (TPSA) is 17.1 Å².